The van der Waals surface area contributed by atoms with E-state index in [1.807, 2.05) is 6.92 Å². The van der Waals surface area contributed by atoms with Gasteiger partial charge in [0, 0.05) is 18.7 Å². The van der Waals surface area contributed by atoms with Crippen LogP contribution in [-0.4, -0.2) is 18.6 Å². The fraction of sp³-hybridized carbons (Fsp3) is 0.500. The fourth-order valence-corrected chi connectivity index (χ4v) is 1.60. The van der Waals surface area contributed by atoms with Crippen LogP contribution in [-0.2, 0) is 9.53 Å². The Hall–Kier alpha value is -1.26. The van der Waals surface area contributed by atoms with Crippen LogP contribution in [0.3, 0.4) is 0 Å². The van der Waals surface area contributed by atoms with Gasteiger partial charge in [-0.15, -0.1) is 0 Å². The van der Waals surface area contributed by atoms with Gasteiger partial charge in [0.2, 0.25) is 5.91 Å². The van der Waals surface area contributed by atoms with Gasteiger partial charge in [-0.25, -0.2) is 0 Å². The monoisotopic (exact) mass is 284 g/mol. The lowest BCUT2D eigenvalue weighted by molar-refractivity contribution is -0.116. The standard InChI is InChI=1S/C14H21ClN2O2/c1-3-10(2)19-8-4-5-14(18)17-11-6-7-12(15)13(16)9-11/h6-7,9-10H,3-5,8,16H2,1-2H3,(H,17,18). The van der Waals surface area contributed by atoms with Crippen LogP contribution < -0.4 is 11.1 Å². The molecule has 0 saturated carbocycles. The van der Waals surface area contributed by atoms with E-state index >= 15 is 0 Å². The number of benzene rings is 1. The highest BCUT2D eigenvalue weighted by molar-refractivity contribution is 6.33. The first kappa shape index (κ1) is 15.8. The van der Waals surface area contributed by atoms with Crippen molar-refractivity contribution in [3.8, 4) is 0 Å². The van der Waals surface area contributed by atoms with Crippen molar-refractivity contribution in [3.05, 3.63) is 23.2 Å². The summed E-state index contributed by atoms with van der Waals surface area (Å²) in [7, 11) is 0. The van der Waals surface area contributed by atoms with Gasteiger partial charge in [-0.1, -0.05) is 18.5 Å². The van der Waals surface area contributed by atoms with E-state index in [-0.39, 0.29) is 12.0 Å². The maximum Gasteiger partial charge on any atom is 0.224 e. The first-order chi connectivity index (χ1) is 9.02. The summed E-state index contributed by atoms with van der Waals surface area (Å²) < 4.78 is 5.51. The van der Waals surface area contributed by atoms with Crippen LogP contribution in [0.4, 0.5) is 11.4 Å². The number of rotatable bonds is 7. The average molecular weight is 285 g/mol. The SMILES string of the molecule is CCC(C)OCCCC(=O)Nc1ccc(Cl)c(N)c1. The predicted molar refractivity (Wildman–Crippen MR) is 79.4 cm³/mol. The Balaban J connectivity index is 2.29. The van der Waals surface area contributed by atoms with Gasteiger partial charge in [-0.05, 0) is 38.0 Å². The summed E-state index contributed by atoms with van der Waals surface area (Å²) in [5, 5.41) is 3.27. The van der Waals surface area contributed by atoms with E-state index in [0.29, 0.717) is 35.8 Å². The molecule has 1 atom stereocenters. The lowest BCUT2D eigenvalue weighted by Crippen LogP contribution is -2.14. The molecule has 1 aromatic carbocycles. The molecule has 0 aromatic heterocycles. The number of ether oxygens (including phenoxy) is 1. The zero-order valence-corrected chi connectivity index (χ0v) is 12.2. The number of carbonyl (C=O) groups is 1. The number of halogens is 1. The Morgan fingerprint density at radius 3 is 2.89 bits per heavy atom. The minimum atomic E-state index is -0.0468. The number of hydrogen-bond acceptors (Lipinski definition) is 3. The number of amides is 1. The number of nitrogen functional groups attached to an aromatic ring is 1. The Morgan fingerprint density at radius 1 is 1.53 bits per heavy atom. The molecule has 0 aliphatic carbocycles. The number of nitrogens with one attached hydrogen (secondary N) is 1. The summed E-state index contributed by atoms with van der Waals surface area (Å²) >= 11 is 5.81. The molecule has 0 bridgehead atoms. The molecule has 106 valence electrons. The van der Waals surface area contributed by atoms with Crippen LogP contribution in [0, 0.1) is 0 Å². The zero-order valence-electron chi connectivity index (χ0n) is 11.4. The molecule has 0 fully saturated rings. The molecular formula is C14H21ClN2O2. The number of hydrogen-bond donors (Lipinski definition) is 2. The fourth-order valence-electron chi connectivity index (χ4n) is 1.48. The van der Waals surface area contributed by atoms with Crippen LogP contribution in [0.2, 0.25) is 5.02 Å². The van der Waals surface area contributed by atoms with E-state index in [1.165, 1.54) is 0 Å². The Labute approximate surface area is 119 Å². The van der Waals surface area contributed by atoms with Gasteiger partial charge in [-0.2, -0.15) is 0 Å². The molecule has 3 N–H and O–H groups in total. The molecule has 4 nitrogen and oxygen atoms in total. The van der Waals surface area contributed by atoms with Crippen molar-refractivity contribution in [2.24, 2.45) is 0 Å². The molecule has 1 aromatic rings. The molecule has 0 aliphatic rings. The summed E-state index contributed by atoms with van der Waals surface area (Å²) in [4.78, 5) is 11.7. The topological polar surface area (TPSA) is 64.3 Å². The third-order valence-corrected chi connectivity index (χ3v) is 3.15. The van der Waals surface area contributed by atoms with Crippen molar-refractivity contribution >= 4 is 28.9 Å². The van der Waals surface area contributed by atoms with Gasteiger partial charge in [0.15, 0.2) is 0 Å². The summed E-state index contributed by atoms with van der Waals surface area (Å²) in [6, 6.07) is 5.04. The molecule has 0 aliphatic heterocycles. The first-order valence-corrected chi connectivity index (χ1v) is 6.87. The van der Waals surface area contributed by atoms with Crippen LogP contribution in [0.15, 0.2) is 18.2 Å². The summed E-state index contributed by atoms with van der Waals surface area (Å²) in [5.74, 6) is -0.0468. The predicted octanol–water partition coefficient (Wildman–Crippen LogP) is 3.46. The van der Waals surface area contributed by atoms with Gasteiger partial charge in [0.1, 0.15) is 0 Å². The summed E-state index contributed by atoms with van der Waals surface area (Å²) in [6.07, 6.45) is 2.37. The molecule has 1 amide bonds. The van der Waals surface area contributed by atoms with Crippen molar-refractivity contribution in [1.29, 1.82) is 0 Å². The molecule has 1 rings (SSSR count). The molecular weight excluding hydrogens is 264 g/mol. The highest BCUT2D eigenvalue weighted by Gasteiger charge is 2.05. The molecule has 0 radical (unpaired) electrons. The molecule has 0 spiro atoms. The third-order valence-electron chi connectivity index (χ3n) is 2.81. The molecule has 0 heterocycles. The average Bonchev–Trinajstić information content (AvgIpc) is 2.38. The molecule has 19 heavy (non-hydrogen) atoms. The van der Waals surface area contributed by atoms with Gasteiger partial charge in [0.05, 0.1) is 16.8 Å². The lowest BCUT2D eigenvalue weighted by atomic mass is 10.2. The Morgan fingerprint density at radius 2 is 2.26 bits per heavy atom. The van der Waals surface area contributed by atoms with Crippen molar-refractivity contribution < 1.29 is 9.53 Å². The van der Waals surface area contributed by atoms with E-state index in [4.69, 9.17) is 22.1 Å². The van der Waals surface area contributed by atoms with Crippen molar-refractivity contribution in [2.45, 2.75) is 39.2 Å². The second-order valence-corrected chi connectivity index (χ2v) is 4.88. The Bertz CT molecular complexity index is 424. The molecule has 1 unspecified atom stereocenters. The smallest absolute Gasteiger partial charge is 0.224 e. The lowest BCUT2D eigenvalue weighted by Gasteiger charge is -2.10. The van der Waals surface area contributed by atoms with Gasteiger partial charge >= 0.3 is 0 Å². The van der Waals surface area contributed by atoms with E-state index in [2.05, 4.69) is 12.2 Å². The third kappa shape index (κ3) is 5.94. The first-order valence-electron chi connectivity index (χ1n) is 6.49. The van der Waals surface area contributed by atoms with Gasteiger partial charge < -0.3 is 15.8 Å². The second-order valence-electron chi connectivity index (χ2n) is 4.48. The highest BCUT2D eigenvalue weighted by Crippen LogP contribution is 2.22. The van der Waals surface area contributed by atoms with Gasteiger partial charge in [0.25, 0.3) is 0 Å². The molecule has 5 heteroatoms. The van der Waals surface area contributed by atoms with E-state index in [9.17, 15) is 4.79 Å². The highest BCUT2D eigenvalue weighted by atomic mass is 35.5. The molecule has 0 saturated heterocycles. The number of carbonyl (C=O) groups excluding carboxylic acids is 1. The summed E-state index contributed by atoms with van der Waals surface area (Å²) in [5.41, 5.74) is 6.78. The van der Waals surface area contributed by atoms with Crippen molar-refractivity contribution in [1.82, 2.24) is 0 Å². The maximum atomic E-state index is 11.7. The number of anilines is 2. The normalized spacial score (nSPS) is 12.2. The van der Waals surface area contributed by atoms with Crippen LogP contribution in [0.5, 0.6) is 0 Å². The van der Waals surface area contributed by atoms with E-state index < -0.39 is 0 Å². The quantitative estimate of drug-likeness (QED) is 0.595. The van der Waals surface area contributed by atoms with Crippen LogP contribution >= 0.6 is 11.6 Å². The van der Waals surface area contributed by atoms with E-state index in [0.717, 1.165) is 6.42 Å². The van der Waals surface area contributed by atoms with Crippen molar-refractivity contribution in [3.63, 3.8) is 0 Å². The van der Waals surface area contributed by atoms with Crippen LogP contribution in [0.1, 0.15) is 33.1 Å². The number of nitrogens with two attached hydrogens (primary N) is 1. The van der Waals surface area contributed by atoms with Crippen molar-refractivity contribution in [2.75, 3.05) is 17.7 Å². The zero-order chi connectivity index (χ0) is 14.3. The van der Waals surface area contributed by atoms with Crippen LogP contribution in [0.25, 0.3) is 0 Å². The summed E-state index contributed by atoms with van der Waals surface area (Å²) in [6.45, 7) is 4.70. The minimum Gasteiger partial charge on any atom is -0.397 e. The van der Waals surface area contributed by atoms with E-state index in [1.54, 1.807) is 18.2 Å². The maximum absolute atomic E-state index is 11.7. The second kappa shape index (κ2) is 8.02. The Kier molecular flexibility index (Phi) is 6.67. The largest absolute Gasteiger partial charge is 0.397 e. The minimum absolute atomic E-state index is 0.0468. The van der Waals surface area contributed by atoms with Gasteiger partial charge in [-0.3, -0.25) is 4.79 Å².